The van der Waals surface area contributed by atoms with Gasteiger partial charge in [-0.25, -0.2) is 14.8 Å². The van der Waals surface area contributed by atoms with Gasteiger partial charge in [-0.2, -0.15) is 0 Å². The predicted molar refractivity (Wildman–Crippen MR) is 78.8 cm³/mol. The second-order valence-electron chi connectivity index (χ2n) is 4.65. The molecule has 0 saturated carbocycles. The van der Waals surface area contributed by atoms with Crippen molar-refractivity contribution in [2.75, 3.05) is 32.1 Å². The van der Waals surface area contributed by atoms with E-state index in [2.05, 4.69) is 15.3 Å². The fraction of sp³-hybridized carbons (Fsp3) is 0.615. The Labute approximate surface area is 128 Å². The number of halogens is 1. The summed E-state index contributed by atoms with van der Waals surface area (Å²) in [7, 11) is 1.53. The second kappa shape index (κ2) is 7.31. The molecule has 1 aromatic rings. The zero-order valence-electron chi connectivity index (χ0n) is 12.1. The topological polar surface area (TPSA) is 76.6 Å². The van der Waals surface area contributed by atoms with Gasteiger partial charge in [0.2, 0.25) is 0 Å². The number of nitrogens with zero attached hydrogens (tertiary/aromatic N) is 3. The maximum Gasteiger partial charge on any atom is 0.409 e. The molecular formula is C13H19ClN4O3. The number of rotatable bonds is 4. The number of carbonyl (C=O) groups is 1. The Morgan fingerprint density at radius 3 is 2.81 bits per heavy atom. The van der Waals surface area contributed by atoms with Crippen LogP contribution in [0.1, 0.15) is 19.8 Å². The van der Waals surface area contributed by atoms with Crippen molar-refractivity contribution in [3.63, 3.8) is 0 Å². The third-order valence-electron chi connectivity index (χ3n) is 3.33. The molecule has 7 nitrogen and oxygen atoms in total. The Kier molecular flexibility index (Phi) is 5.44. The summed E-state index contributed by atoms with van der Waals surface area (Å²) in [5.41, 5.74) is 0. The normalized spacial score (nSPS) is 15.7. The number of piperidine rings is 1. The van der Waals surface area contributed by atoms with Crippen molar-refractivity contribution < 1.29 is 14.3 Å². The summed E-state index contributed by atoms with van der Waals surface area (Å²) in [6, 6.07) is 0.204. The van der Waals surface area contributed by atoms with Gasteiger partial charge in [-0.1, -0.05) is 11.6 Å². The average Bonchev–Trinajstić information content (AvgIpc) is 2.48. The highest BCUT2D eigenvalue weighted by Gasteiger charge is 2.24. The Morgan fingerprint density at radius 2 is 2.19 bits per heavy atom. The molecule has 1 amide bonds. The summed E-state index contributed by atoms with van der Waals surface area (Å²) >= 11 is 5.96. The van der Waals surface area contributed by atoms with Crippen LogP contribution in [0.3, 0.4) is 0 Å². The van der Waals surface area contributed by atoms with Crippen LogP contribution in [0.5, 0.6) is 5.75 Å². The van der Waals surface area contributed by atoms with Crippen molar-refractivity contribution in [2.24, 2.45) is 0 Å². The summed E-state index contributed by atoms with van der Waals surface area (Å²) in [5, 5.41) is 3.57. The lowest BCUT2D eigenvalue weighted by Gasteiger charge is -2.32. The first-order valence-electron chi connectivity index (χ1n) is 6.88. The Bertz CT molecular complexity index is 492. The second-order valence-corrected chi connectivity index (χ2v) is 5.01. The molecule has 1 aromatic heterocycles. The molecule has 1 aliphatic rings. The van der Waals surface area contributed by atoms with E-state index in [4.69, 9.17) is 21.1 Å². The molecule has 0 atom stereocenters. The van der Waals surface area contributed by atoms with E-state index in [0.717, 1.165) is 12.8 Å². The monoisotopic (exact) mass is 314 g/mol. The minimum absolute atomic E-state index is 0.204. The van der Waals surface area contributed by atoms with Gasteiger partial charge < -0.3 is 19.7 Å². The molecular weight excluding hydrogens is 296 g/mol. The van der Waals surface area contributed by atoms with Crippen LogP contribution in [0.2, 0.25) is 5.15 Å². The summed E-state index contributed by atoms with van der Waals surface area (Å²) in [4.78, 5) is 21.4. The molecule has 1 N–H and O–H groups in total. The van der Waals surface area contributed by atoms with Gasteiger partial charge in [0.15, 0.2) is 16.7 Å². The first kappa shape index (κ1) is 15.6. The van der Waals surface area contributed by atoms with Crippen molar-refractivity contribution in [3.05, 3.63) is 11.5 Å². The number of ether oxygens (including phenoxy) is 2. The SMILES string of the molecule is CCOC(=O)N1CCC(Nc2ncnc(Cl)c2OC)CC1. The maximum absolute atomic E-state index is 11.6. The van der Waals surface area contributed by atoms with Crippen LogP contribution >= 0.6 is 11.6 Å². The molecule has 0 unspecified atom stereocenters. The summed E-state index contributed by atoms with van der Waals surface area (Å²) in [6.07, 6.45) is 2.76. The van der Waals surface area contributed by atoms with Crippen LogP contribution in [-0.4, -0.2) is 53.8 Å². The molecule has 0 spiro atoms. The van der Waals surface area contributed by atoms with Crippen LogP contribution in [0.25, 0.3) is 0 Å². The van der Waals surface area contributed by atoms with Gasteiger partial charge in [0.1, 0.15) is 6.33 Å². The fourth-order valence-electron chi connectivity index (χ4n) is 2.25. The number of methoxy groups -OCH3 is 1. The standard InChI is InChI=1S/C13H19ClN4O3/c1-3-21-13(19)18-6-4-9(5-7-18)17-12-10(20-2)11(14)15-8-16-12/h8-9H,3-7H2,1-2H3,(H,15,16,17). The van der Waals surface area contributed by atoms with Gasteiger partial charge in [-0.3, -0.25) is 0 Å². The molecule has 0 radical (unpaired) electrons. The largest absolute Gasteiger partial charge is 0.490 e. The van der Waals surface area contributed by atoms with E-state index in [1.54, 1.807) is 11.8 Å². The summed E-state index contributed by atoms with van der Waals surface area (Å²) in [6.45, 7) is 3.50. The number of hydrogen-bond donors (Lipinski definition) is 1. The number of likely N-dealkylation sites (tertiary alicyclic amines) is 1. The number of anilines is 1. The third kappa shape index (κ3) is 3.87. The molecule has 8 heteroatoms. The van der Waals surface area contributed by atoms with E-state index in [1.807, 2.05) is 0 Å². The predicted octanol–water partition coefficient (Wildman–Crippen LogP) is 2.17. The number of hydrogen-bond acceptors (Lipinski definition) is 6. The van der Waals surface area contributed by atoms with Crippen molar-refractivity contribution >= 4 is 23.5 Å². The van der Waals surface area contributed by atoms with Gasteiger partial charge in [-0.05, 0) is 19.8 Å². The lowest BCUT2D eigenvalue weighted by atomic mass is 10.1. The van der Waals surface area contributed by atoms with Crippen LogP contribution in [0.15, 0.2) is 6.33 Å². The van der Waals surface area contributed by atoms with Crippen molar-refractivity contribution in [1.82, 2.24) is 14.9 Å². The minimum atomic E-state index is -0.251. The number of nitrogens with one attached hydrogen (secondary N) is 1. The zero-order valence-corrected chi connectivity index (χ0v) is 12.9. The summed E-state index contributed by atoms with van der Waals surface area (Å²) < 4.78 is 10.2. The van der Waals surface area contributed by atoms with Gasteiger partial charge in [0.25, 0.3) is 0 Å². The Balaban J connectivity index is 1.92. The van der Waals surface area contributed by atoms with E-state index in [0.29, 0.717) is 31.3 Å². The number of amides is 1. The summed E-state index contributed by atoms with van der Waals surface area (Å²) in [5.74, 6) is 1.01. The smallest absolute Gasteiger partial charge is 0.409 e. The highest BCUT2D eigenvalue weighted by atomic mass is 35.5. The van der Waals surface area contributed by atoms with Gasteiger partial charge in [0.05, 0.1) is 13.7 Å². The highest BCUT2D eigenvalue weighted by molar-refractivity contribution is 6.31. The van der Waals surface area contributed by atoms with Crippen molar-refractivity contribution in [3.8, 4) is 5.75 Å². The lowest BCUT2D eigenvalue weighted by molar-refractivity contribution is 0.0983. The number of carbonyl (C=O) groups excluding carboxylic acids is 1. The molecule has 0 bridgehead atoms. The van der Waals surface area contributed by atoms with E-state index in [9.17, 15) is 4.79 Å². The minimum Gasteiger partial charge on any atom is -0.490 e. The van der Waals surface area contributed by atoms with E-state index < -0.39 is 0 Å². The average molecular weight is 315 g/mol. The first-order chi connectivity index (χ1) is 10.2. The van der Waals surface area contributed by atoms with Crippen molar-refractivity contribution in [2.45, 2.75) is 25.8 Å². The van der Waals surface area contributed by atoms with E-state index in [-0.39, 0.29) is 17.3 Å². The molecule has 1 fully saturated rings. The Hall–Kier alpha value is -1.76. The van der Waals surface area contributed by atoms with Crippen molar-refractivity contribution in [1.29, 1.82) is 0 Å². The van der Waals surface area contributed by atoms with Crippen LogP contribution in [0.4, 0.5) is 10.6 Å². The molecule has 2 heterocycles. The van der Waals surface area contributed by atoms with Gasteiger partial charge >= 0.3 is 6.09 Å². The molecule has 0 aliphatic carbocycles. The third-order valence-corrected chi connectivity index (χ3v) is 3.60. The number of aromatic nitrogens is 2. The molecule has 0 aromatic carbocycles. The molecule has 2 rings (SSSR count). The van der Waals surface area contributed by atoms with E-state index in [1.165, 1.54) is 13.4 Å². The van der Waals surface area contributed by atoms with E-state index >= 15 is 0 Å². The van der Waals surface area contributed by atoms with Gasteiger partial charge in [-0.15, -0.1) is 0 Å². The molecule has 1 saturated heterocycles. The molecule has 116 valence electrons. The first-order valence-corrected chi connectivity index (χ1v) is 7.26. The van der Waals surface area contributed by atoms with Crippen LogP contribution in [0, 0.1) is 0 Å². The fourth-order valence-corrected chi connectivity index (χ4v) is 2.46. The Morgan fingerprint density at radius 1 is 1.48 bits per heavy atom. The van der Waals surface area contributed by atoms with Crippen LogP contribution in [-0.2, 0) is 4.74 Å². The van der Waals surface area contributed by atoms with Crippen LogP contribution < -0.4 is 10.1 Å². The molecule has 1 aliphatic heterocycles. The quantitative estimate of drug-likeness (QED) is 0.858. The maximum atomic E-state index is 11.6. The lowest BCUT2D eigenvalue weighted by Crippen LogP contribution is -2.42. The highest BCUT2D eigenvalue weighted by Crippen LogP contribution is 2.29. The van der Waals surface area contributed by atoms with Gasteiger partial charge in [0, 0.05) is 19.1 Å². The zero-order chi connectivity index (χ0) is 15.2. The molecule has 21 heavy (non-hydrogen) atoms.